The van der Waals surface area contributed by atoms with Gasteiger partial charge in [0.15, 0.2) is 0 Å². The van der Waals surface area contributed by atoms with Crippen LogP contribution in [0.2, 0.25) is 0 Å². The fourth-order valence-corrected chi connectivity index (χ4v) is 1.46. The van der Waals surface area contributed by atoms with Crippen molar-refractivity contribution in [3.63, 3.8) is 0 Å². The van der Waals surface area contributed by atoms with E-state index < -0.39 is 5.97 Å². The summed E-state index contributed by atoms with van der Waals surface area (Å²) in [7, 11) is 1.34. The second-order valence-electron chi connectivity index (χ2n) is 3.44. The number of nitrogen functional groups attached to an aromatic ring is 1. The number of esters is 1. The first-order valence-electron chi connectivity index (χ1n) is 4.78. The molecule has 0 aliphatic heterocycles. The summed E-state index contributed by atoms with van der Waals surface area (Å²) in [5.74, 6) is -0.328. The Bertz CT molecular complexity index is 364. The molecule has 0 radical (unpaired) electrons. The van der Waals surface area contributed by atoms with Crippen LogP contribution in [-0.2, 0) is 4.74 Å². The van der Waals surface area contributed by atoms with Crippen LogP contribution in [0.5, 0.6) is 0 Å². The molecule has 82 valence electrons. The average molecular weight is 208 g/mol. The van der Waals surface area contributed by atoms with Crippen LogP contribution in [0.1, 0.15) is 28.8 Å². The maximum absolute atomic E-state index is 11.5. The highest BCUT2D eigenvalue weighted by Crippen LogP contribution is 2.24. The largest absolute Gasteiger partial charge is 0.465 e. The van der Waals surface area contributed by atoms with Crippen LogP contribution in [0.15, 0.2) is 18.2 Å². The van der Waals surface area contributed by atoms with Crippen molar-refractivity contribution in [2.45, 2.75) is 12.8 Å². The van der Waals surface area contributed by atoms with E-state index in [1.807, 2.05) is 19.1 Å². The van der Waals surface area contributed by atoms with E-state index in [1.165, 1.54) is 7.11 Å². The molecule has 0 amide bonds. The molecule has 1 aromatic carbocycles. The molecular formula is C11H16N2O2. The summed E-state index contributed by atoms with van der Waals surface area (Å²) in [5.41, 5.74) is 13.0. The van der Waals surface area contributed by atoms with Crippen molar-refractivity contribution in [1.29, 1.82) is 0 Å². The van der Waals surface area contributed by atoms with Crippen molar-refractivity contribution in [3.05, 3.63) is 29.3 Å². The zero-order valence-electron chi connectivity index (χ0n) is 8.99. The van der Waals surface area contributed by atoms with Crippen LogP contribution < -0.4 is 11.5 Å². The first-order chi connectivity index (χ1) is 7.11. The van der Waals surface area contributed by atoms with E-state index >= 15 is 0 Å². The molecule has 15 heavy (non-hydrogen) atoms. The summed E-state index contributed by atoms with van der Waals surface area (Å²) < 4.78 is 4.69. The maximum Gasteiger partial charge on any atom is 0.340 e. The number of hydrogen-bond donors (Lipinski definition) is 2. The van der Waals surface area contributed by atoms with Gasteiger partial charge >= 0.3 is 5.97 Å². The summed E-state index contributed by atoms with van der Waals surface area (Å²) in [6, 6.07) is 5.34. The molecule has 1 unspecified atom stereocenters. The van der Waals surface area contributed by atoms with Crippen molar-refractivity contribution in [2.24, 2.45) is 5.73 Å². The van der Waals surface area contributed by atoms with Gasteiger partial charge in [-0.3, -0.25) is 0 Å². The Labute approximate surface area is 89.2 Å². The standard InChI is InChI=1S/C11H16N2O2/c1-7(6-12)8-4-3-5-9(13)10(8)11(14)15-2/h3-5,7H,6,12-13H2,1-2H3. The van der Waals surface area contributed by atoms with E-state index in [0.29, 0.717) is 17.8 Å². The lowest BCUT2D eigenvalue weighted by molar-refractivity contribution is 0.0600. The fourth-order valence-electron chi connectivity index (χ4n) is 1.46. The highest BCUT2D eigenvalue weighted by Gasteiger charge is 2.18. The summed E-state index contributed by atoms with van der Waals surface area (Å²) in [6.07, 6.45) is 0. The predicted octanol–water partition coefficient (Wildman–Crippen LogP) is 1.12. The number of benzene rings is 1. The molecule has 0 saturated carbocycles. The zero-order valence-corrected chi connectivity index (χ0v) is 8.99. The van der Waals surface area contributed by atoms with Crippen molar-refractivity contribution >= 4 is 11.7 Å². The van der Waals surface area contributed by atoms with Crippen LogP contribution in [0.25, 0.3) is 0 Å². The molecule has 0 heterocycles. The summed E-state index contributed by atoms with van der Waals surface area (Å²) in [6.45, 7) is 2.41. The third-order valence-electron chi connectivity index (χ3n) is 2.40. The Morgan fingerprint density at radius 1 is 1.53 bits per heavy atom. The van der Waals surface area contributed by atoms with Gasteiger partial charge in [0, 0.05) is 5.69 Å². The van der Waals surface area contributed by atoms with Gasteiger partial charge in [-0.25, -0.2) is 4.79 Å². The topological polar surface area (TPSA) is 78.3 Å². The van der Waals surface area contributed by atoms with E-state index in [-0.39, 0.29) is 5.92 Å². The molecule has 0 fully saturated rings. The highest BCUT2D eigenvalue weighted by atomic mass is 16.5. The van der Waals surface area contributed by atoms with Gasteiger partial charge in [-0.1, -0.05) is 19.1 Å². The number of carbonyl (C=O) groups is 1. The molecule has 1 rings (SSSR count). The van der Waals surface area contributed by atoms with Crippen LogP contribution in [0, 0.1) is 0 Å². The third-order valence-corrected chi connectivity index (χ3v) is 2.40. The molecule has 0 aliphatic rings. The van der Waals surface area contributed by atoms with E-state index in [0.717, 1.165) is 5.56 Å². The number of hydrogen-bond acceptors (Lipinski definition) is 4. The molecule has 0 aliphatic carbocycles. The van der Waals surface area contributed by atoms with Crippen molar-refractivity contribution < 1.29 is 9.53 Å². The SMILES string of the molecule is COC(=O)c1c(N)cccc1C(C)CN. The van der Waals surface area contributed by atoms with Gasteiger partial charge in [-0.05, 0) is 24.1 Å². The van der Waals surface area contributed by atoms with E-state index in [1.54, 1.807) is 6.07 Å². The molecular weight excluding hydrogens is 192 g/mol. The monoisotopic (exact) mass is 208 g/mol. The summed E-state index contributed by atoms with van der Waals surface area (Å²) in [4.78, 5) is 11.5. The minimum absolute atomic E-state index is 0.0857. The molecule has 0 aromatic heterocycles. The second kappa shape index (κ2) is 4.79. The predicted molar refractivity (Wildman–Crippen MR) is 59.7 cm³/mol. The van der Waals surface area contributed by atoms with Gasteiger partial charge in [-0.15, -0.1) is 0 Å². The van der Waals surface area contributed by atoms with Gasteiger partial charge in [0.25, 0.3) is 0 Å². The first kappa shape index (κ1) is 11.5. The molecule has 4 nitrogen and oxygen atoms in total. The quantitative estimate of drug-likeness (QED) is 0.576. The lowest BCUT2D eigenvalue weighted by atomic mass is 9.94. The number of ether oxygens (including phenoxy) is 1. The first-order valence-corrected chi connectivity index (χ1v) is 4.78. The molecule has 4 N–H and O–H groups in total. The van der Waals surface area contributed by atoms with Gasteiger partial charge in [-0.2, -0.15) is 0 Å². The van der Waals surface area contributed by atoms with Crippen molar-refractivity contribution in [2.75, 3.05) is 19.4 Å². The van der Waals surface area contributed by atoms with Crippen LogP contribution in [0.4, 0.5) is 5.69 Å². The number of nitrogens with two attached hydrogens (primary N) is 2. The molecule has 1 atom stereocenters. The lowest BCUT2D eigenvalue weighted by Crippen LogP contribution is -2.15. The summed E-state index contributed by atoms with van der Waals surface area (Å²) in [5, 5.41) is 0. The van der Waals surface area contributed by atoms with E-state index in [2.05, 4.69) is 0 Å². The molecule has 0 saturated heterocycles. The zero-order chi connectivity index (χ0) is 11.4. The normalized spacial score (nSPS) is 12.2. The number of carbonyl (C=O) groups excluding carboxylic acids is 1. The van der Waals surface area contributed by atoms with E-state index in [4.69, 9.17) is 16.2 Å². The Balaban J connectivity index is 3.26. The van der Waals surface area contributed by atoms with E-state index in [9.17, 15) is 4.79 Å². The third kappa shape index (κ3) is 2.27. The van der Waals surface area contributed by atoms with Crippen LogP contribution in [-0.4, -0.2) is 19.6 Å². The van der Waals surface area contributed by atoms with Gasteiger partial charge in [0.2, 0.25) is 0 Å². The second-order valence-corrected chi connectivity index (χ2v) is 3.44. The van der Waals surface area contributed by atoms with Gasteiger partial charge in [0.05, 0.1) is 12.7 Å². The summed E-state index contributed by atoms with van der Waals surface area (Å²) >= 11 is 0. The molecule has 1 aromatic rings. The molecule has 0 spiro atoms. The minimum Gasteiger partial charge on any atom is -0.465 e. The maximum atomic E-state index is 11.5. The number of anilines is 1. The van der Waals surface area contributed by atoms with Gasteiger partial charge in [0.1, 0.15) is 0 Å². The van der Waals surface area contributed by atoms with Crippen molar-refractivity contribution in [1.82, 2.24) is 0 Å². The van der Waals surface area contributed by atoms with Gasteiger partial charge < -0.3 is 16.2 Å². The number of methoxy groups -OCH3 is 1. The number of rotatable bonds is 3. The molecule has 0 bridgehead atoms. The van der Waals surface area contributed by atoms with Crippen LogP contribution in [0.3, 0.4) is 0 Å². The van der Waals surface area contributed by atoms with Crippen LogP contribution >= 0.6 is 0 Å². The highest BCUT2D eigenvalue weighted by molar-refractivity contribution is 5.96. The smallest absolute Gasteiger partial charge is 0.340 e. The fraction of sp³-hybridized carbons (Fsp3) is 0.364. The average Bonchev–Trinajstić information content (AvgIpc) is 2.26. The lowest BCUT2D eigenvalue weighted by Gasteiger charge is -2.14. The Morgan fingerprint density at radius 3 is 2.73 bits per heavy atom. The Morgan fingerprint density at radius 2 is 2.20 bits per heavy atom. The Kier molecular flexibility index (Phi) is 3.68. The molecule has 4 heteroatoms. The Hall–Kier alpha value is -1.55. The van der Waals surface area contributed by atoms with Crippen molar-refractivity contribution in [3.8, 4) is 0 Å². The minimum atomic E-state index is -0.414.